The molecule has 0 bridgehead atoms. The maximum Gasteiger partial charge on any atom is 0.124 e. The van der Waals surface area contributed by atoms with Gasteiger partial charge in [-0.05, 0) is 90.6 Å². The van der Waals surface area contributed by atoms with Crippen LogP contribution < -0.4 is 4.74 Å². The van der Waals surface area contributed by atoms with E-state index in [2.05, 4.69) is 47.4 Å². The molecule has 0 amide bonds. The van der Waals surface area contributed by atoms with Gasteiger partial charge in [-0.1, -0.05) is 58.6 Å². The van der Waals surface area contributed by atoms with E-state index in [1.54, 1.807) is 12.7 Å². The molecule has 2 saturated carbocycles. The molecule has 3 heteroatoms. The second-order valence-electron chi connectivity index (χ2n) is 9.35. The van der Waals surface area contributed by atoms with Gasteiger partial charge in [0, 0.05) is 5.66 Å². The van der Waals surface area contributed by atoms with Crippen LogP contribution in [0.2, 0.25) is 0 Å². The van der Waals surface area contributed by atoms with Gasteiger partial charge in [0.25, 0.3) is 0 Å². The van der Waals surface area contributed by atoms with Crippen LogP contribution in [0.5, 0.6) is 5.75 Å². The van der Waals surface area contributed by atoms with Crippen LogP contribution in [0.1, 0.15) is 80.9 Å². The second kappa shape index (κ2) is 9.66. The third-order valence-corrected chi connectivity index (χ3v) is 11.6. The second-order valence-corrected chi connectivity index (χ2v) is 12.9. The molecule has 1 aromatic carbocycles. The van der Waals surface area contributed by atoms with E-state index in [1.807, 2.05) is 0 Å². The number of ether oxygens (including phenoxy) is 1. The molecular formula is C26H38OP2. The third-order valence-electron chi connectivity index (χ3n) is 7.35. The Morgan fingerprint density at radius 3 is 1.86 bits per heavy atom. The van der Waals surface area contributed by atoms with Crippen molar-refractivity contribution >= 4 is 22.7 Å². The fourth-order valence-corrected chi connectivity index (χ4v) is 11.0. The monoisotopic (exact) mass is 428 g/mol. The van der Waals surface area contributed by atoms with Gasteiger partial charge in [0.05, 0.1) is 7.11 Å². The number of hydrogen-bond acceptors (Lipinski definition) is 1. The molecule has 0 heterocycles. The summed E-state index contributed by atoms with van der Waals surface area (Å²) in [6, 6.07) is 4.75. The molecule has 29 heavy (non-hydrogen) atoms. The van der Waals surface area contributed by atoms with Crippen molar-refractivity contribution in [3.05, 3.63) is 46.3 Å². The molecule has 0 aromatic heterocycles. The molecule has 3 aliphatic rings. The molecule has 2 unspecified atom stereocenters. The molecule has 3 aliphatic carbocycles. The number of hydrogen-bond donors (Lipinski definition) is 0. The number of allylic oxidation sites excluding steroid dienone is 4. The molecule has 158 valence electrons. The average Bonchev–Trinajstić information content (AvgIpc) is 3.10. The predicted octanol–water partition coefficient (Wildman–Crippen LogP) is 7.98. The highest BCUT2D eigenvalue weighted by atomic mass is 31.1. The van der Waals surface area contributed by atoms with Crippen LogP contribution in [0.25, 0.3) is 5.57 Å². The molecule has 1 aromatic rings. The first-order chi connectivity index (χ1) is 14.1. The van der Waals surface area contributed by atoms with Gasteiger partial charge in [-0.15, -0.1) is 9.24 Å². The SMILES string of the molecule is COc1c(C)cc(C2=C(P)C=CC2P(C2CCCCC2)C2CCCCC2)cc1C. The molecule has 2 atom stereocenters. The maximum atomic E-state index is 5.65. The van der Waals surface area contributed by atoms with Gasteiger partial charge < -0.3 is 4.74 Å². The first kappa shape index (κ1) is 21.6. The Morgan fingerprint density at radius 1 is 0.862 bits per heavy atom. The molecule has 0 spiro atoms. The maximum absolute atomic E-state index is 5.65. The minimum Gasteiger partial charge on any atom is -0.496 e. The number of methoxy groups -OCH3 is 1. The van der Waals surface area contributed by atoms with E-state index in [-0.39, 0.29) is 7.92 Å². The molecule has 4 rings (SSSR count). The fourth-order valence-electron chi connectivity index (χ4n) is 6.08. The molecule has 1 nitrogen and oxygen atoms in total. The van der Waals surface area contributed by atoms with Gasteiger partial charge in [0.2, 0.25) is 0 Å². The molecule has 0 N–H and O–H groups in total. The van der Waals surface area contributed by atoms with Crippen molar-refractivity contribution in [2.45, 2.75) is 95.0 Å². The Bertz CT molecular complexity index is 741. The van der Waals surface area contributed by atoms with E-state index in [0.717, 1.165) is 17.1 Å². The van der Waals surface area contributed by atoms with Crippen LogP contribution in [-0.2, 0) is 0 Å². The highest BCUT2D eigenvalue weighted by Crippen LogP contribution is 2.63. The van der Waals surface area contributed by atoms with E-state index in [1.165, 1.54) is 86.2 Å². The lowest BCUT2D eigenvalue weighted by Gasteiger charge is -2.42. The van der Waals surface area contributed by atoms with Gasteiger partial charge in [0.1, 0.15) is 5.75 Å². The molecule has 0 radical (unpaired) electrons. The normalized spacial score (nSPS) is 24.0. The summed E-state index contributed by atoms with van der Waals surface area (Å²) in [5, 5.41) is 1.41. The Morgan fingerprint density at radius 2 is 1.38 bits per heavy atom. The summed E-state index contributed by atoms with van der Waals surface area (Å²) in [7, 11) is 4.84. The summed E-state index contributed by atoms with van der Waals surface area (Å²) in [5.41, 5.74) is 8.16. The quantitative estimate of drug-likeness (QED) is 0.432. The highest BCUT2D eigenvalue weighted by Gasteiger charge is 2.39. The lowest BCUT2D eigenvalue weighted by Crippen LogP contribution is -2.26. The minimum atomic E-state index is -0.00748. The summed E-state index contributed by atoms with van der Waals surface area (Å²) >= 11 is 0. The Kier molecular flexibility index (Phi) is 7.19. The smallest absolute Gasteiger partial charge is 0.124 e. The lowest BCUT2D eigenvalue weighted by molar-refractivity contribution is 0.408. The van der Waals surface area contributed by atoms with Crippen molar-refractivity contribution in [1.82, 2.24) is 0 Å². The average molecular weight is 429 g/mol. The van der Waals surface area contributed by atoms with Crippen LogP contribution in [0.3, 0.4) is 0 Å². The van der Waals surface area contributed by atoms with E-state index >= 15 is 0 Å². The Labute approximate surface area is 181 Å². The lowest BCUT2D eigenvalue weighted by atomic mass is 9.98. The Balaban J connectivity index is 1.71. The largest absolute Gasteiger partial charge is 0.496 e. The van der Waals surface area contributed by atoms with Gasteiger partial charge in [-0.2, -0.15) is 0 Å². The van der Waals surface area contributed by atoms with Gasteiger partial charge in [-0.3, -0.25) is 0 Å². The van der Waals surface area contributed by atoms with E-state index in [4.69, 9.17) is 4.74 Å². The molecular weight excluding hydrogens is 390 g/mol. The summed E-state index contributed by atoms with van der Waals surface area (Å²) < 4.78 is 5.65. The minimum absolute atomic E-state index is 0.00748. The fraction of sp³-hybridized carbons (Fsp3) is 0.615. The first-order valence-corrected chi connectivity index (χ1v) is 13.8. The number of rotatable bonds is 5. The molecule has 2 fully saturated rings. The molecule has 0 saturated heterocycles. The van der Waals surface area contributed by atoms with Crippen molar-refractivity contribution in [3.63, 3.8) is 0 Å². The third kappa shape index (κ3) is 4.52. The number of aryl methyl sites for hydroxylation is 2. The summed E-state index contributed by atoms with van der Waals surface area (Å²) in [6.07, 6.45) is 19.7. The van der Waals surface area contributed by atoms with Crippen molar-refractivity contribution in [1.29, 1.82) is 0 Å². The standard InChI is InChI=1S/C26H38OP2/c1-18-16-20(17-19(2)26(18)27-3)25-23(28)14-15-24(25)29(21-10-6-4-7-11-21)22-12-8-5-9-13-22/h14-17,21-22,24H,4-13,28H2,1-3H3. The van der Waals surface area contributed by atoms with Gasteiger partial charge in [-0.25, -0.2) is 0 Å². The van der Waals surface area contributed by atoms with Crippen LogP contribution in [0.4, 0.5) is 0 Å². The van der Waals surface area contributed by atoms with Crippen LogP contribution in [0, 0.1) is 13.8 Å². The Hall–Kier alpha value is -0.640. The van der Waals surface area contributed by atoms with Crippen molar-refractivity contribution in [3.8, 4) is 5.75 Å². The highest BCUT2D eigenvalue weighted by molar-refractivity contribution is 7.60. The zero-order valence-corrected chi connectivity index (χ0v) is 20.6. The zero-order chi connectivity index (χ0) is 20.4. The summed E-state index contributed by atoms with van der Waals surface area (Å²) in [6.45, 7) is 4.39. The topological polar surface area (TPSA) is 9.23 Å². The molecule has 0 aliphatic heterocycles. The van der Waals surface area contributed by atoms with Crippen LogP contribution in [0.15, 0.2) is 29.6 Å². The summed E-state index contributed by atoms with van der Waals surface area (Å²) in [4.78, 5) is 0. The van der Waals surface area contributed by atoms with Crippen LogP contribution in [-0.4, -0.2) is 24.1 Å². The summed E-state index contributed by atoms with van der Waals surface area (Å²) in [5.74, 6) is 1.05. The zero-order valence-electron chi connectivity index (χ0n) is 18.5. The van der Waals surface area contributed by atoms with E-state index < -0.39 is 0 Å². The van der Waals surface area contributed by atoms with Gasteiger partial charge >= 0.3 is 0 Å². The van der Waals surface area contributed by atoms with E-state index in [0.29, 0.717) is 5.66 Å². The van der Waals surface area contributed by atoms with Crippen LogP contribution >= 0.6 is 17.2 Å². The van der Waals surface area contributed by atoms with Crippen molar-refractivity contribution in [2.24, 2.45) is 0 Å². The number of benzene rings is 1. The van der Waals surface area contributed by atoms with Gasteiger partial charge in [0.15, 0.2) is 0 Å². The van der Waals surface area contributed by atoms with Crippen molar-refractivity contribution in [2.75, 3.05) is 7.11 Å². The van der Waals surface area contributed by atoms with Crippen molar-refractivity contribution < 1.29 is 4.74 Å². The van der Waals surface area contributed by atoms with E-state index in [9.17, 15) is 0 Å². The predicted molar refractivity (Wildman–Crippen MR) is 133 cm³/mol. The first-order valence-electron chi connectivity index (χ1n) is 11.7.